The van der Waals surface area contributed by atoms with E-state index in [9.17, 15) is 4.79 Å². The molecule has 148 valence electrons. The highest BCUT2D eigenvalue weighted by Gasteiger charge is 2.09. The van der Waals surface area contributed by atoms with Gasteiger partial charge in [0.15, 0.2) is 6.73 Å². The Hall–Kier alpha value is -2.61. The lowest BCUT2D eigenvalue weighted by Gasteiger charge is -2.08. The zero-order chi connectivity index (χ0) is 20.1. The van der Waals surface area contributed by atoms with Gasteiger partial charge in [-0.3, -0.25) is 9.48 Å². The van der Waals surface area contributed by atoms with E-state index in [0.717, 1.165) is 40.0 Å². The molecule has 8 heteroatoms. The lowest BCUT2D eigenvalue weighted by Crippen LogP contribution is -2.26. The van der Waals surface area contributed by atoms with E-state index in [-0.39, 0.29) is 12.6 Å². The molecule has 0 radical (unpaired) electrons. The minimum atomic E-state index is -0.192. The molecule has 0 unspecified atom stereocenters. The van der Waals surface area contributed by atoms with Crippen molar-refractivity contribution in [3.05, 3.63) is 63.6 Å². The van der Waals surface area contributed by atoms with Gasteiger partial charge in [0.05, 0.1) is 10.2 Å². The van der Waals surface area contributed by atoms with Gasteiger partial charge < -0.3 is 10.1 Å². The van der Waals surface area contributed by atoms with Crippen LogP contribution < -0.4 is 10.1 Å². The Bertz CT molecular complexity index is 924. The first kappa shape index (κ1) is 20.1. The van der Waals surface area contributed by atoms with E-state index < -0.39 is 0 Å². The number of halogens is 1. The van der Waals surface area contributed by atoms with Gasteiger partial charge in [-0.25, -0.2) is 4.68 Å². The van der Waals surface area contributed by atoms with Crippen LogP contribution in [0.4, 0.5) is 0 Å². The van der Waals surface area contributed by atoms with E-state index in [1.165, 1.54) is 0 Å². The molecule has 1 N–H and O–H groups in total. The largest absolute Gasteiger partial charge is 0.471 e. The highest BCUT2D eigenvalue weighted by atomic mass is 79.9. The van der Waals surface area contributed by atoms with Crippen molar-refractivity contribution in [2.45, 2.75) is 40.5 Å². The van der Waals surface area contributed by atoms with E-state index in [1.807, 2.05) is 43.8 Å². The molecule has 0 aliphatic heterocycles. The Morgan fingerprint density at radius 3 is 2.57 bits per heavy atom. The second-order valence-electron chi connectivity index (χ2n) is 6.77. The van der Waals surface area contributed by atoms with Crippen LogP contribution in [0.3, 0.4) is 0 Å². The maximum atomic E-state index is 12.2. The Balaban J connectivity index is 1.44. The number of hydrogen-bond donors (Lipinski definition) is 1. The quantitative estimate of drug-likeness (QED) is 0.537. The summed E-state index contributed by atoms with van der Waals surface area (Å²) in [5, 5.41) is 11.5. The first-order chi connectivity index (χ1) is 13.4. The molecule has 0 atom stereocenters. The normalized spacial score (nSPS) is 10.9. The molecule has 1 amide bonds. The number of nitrogens with zero attached hydrogens (tertiary/aromatic N) is 4. The number of nitrogens with one attached hydrogen (secondary N) is 1. The molecule has 2 aromatic heterocycles. The third-order valence-electron chi connectivity index (χ3n) is 4.17. The molecule has 0 aliphatic rings. The van der Waals surface area contributed by atoms with Crippen molar-refractivity contribution in [2.24, 2.45) is 0 Å². The van der Waals surface area contributed by atoms with Crippen molar-refractivity contribution in [2.75, 3.05) is 6.54 Å². The molecule has 28 heavy (non-hydrogen) atoms. The van der Waals surface area contributed by atoms with Crippen LogP contribution in [0.15, 0.2) is 41.1 Å². The summed E-state index contributed by atoms with van der Waals surface area (Å²) in [6.07, 6.45) is 4.46. The summed E-state index contributed by atoms with van der Waals surface area (Å²) < 4.78 is 10.2. The van der Waals surface area contributed by atoms with Crippen LogP contribution in [0.25, 0.3) is 0 Å². The number of carbonyl (C=O) groups is 1. The number of amides is 1. The van der Waals surface area contributed by atoms with Gasteiger partial charge in [0, 0.05) is 25.5 Å². The van der Waals surface area contributed by atoms with E-state index in [1.54, 1.807) is 16.9 Å². The van der Waals surface area contributed by atoms with Crippen molar-refractivity contribution in [1.82, 2.24) is 24.9 Å². The van der Waals surface area contributed by atoms with E-state index in [0.29, 0.717) is 12.2 Å². The average Bonchev–Trinajstić information content (AvgIpc) is 3.23. The summed E-state index contributed by atoms with van der Waals surface area (Å²) in [5.41, 5.74) is 3.63. The first-order valence-electron chi connectivity index (χ1n) is 9.13. The van der Waals surface area contributed by atoms with Crippen LogP contribution in [-0.2, 0) is 13.3 Å². The maximum absolute atomic E-state index is 12.2. The molecular formula is C20H24BrN5O2. The van der Waals surface area contributed by atoms with Gasteiger partial charge in [0.25, 0.3) is 5.91 Å². The van der Waals surface area contributed by atoms with Crippen molar-refractivity contribution in [3.8, 4) is 5.75 Å². The summed E-state index contributed by atoms with van der Waals surface area (Å²) in [5.74, 6) is 0.600. The fourth-order valence-corrected chi connectivity index (χ4v) is 3.17. The van der Waals surface area contributed by atoms with Gasteiger partial charge in [-0.15, -0.1) is 0 Å². The Labute approximate surface area is 172 Å². The van der Waals surface area contributed by atoms with Crippen molar-refractivity contribution in [3.63, 3.8) is 0 Å². The zero-order valence-corrected chi connectivity index (χ0v) is 17.9. The monoisotopic (exact) mass is 445 g/mol. The number of aryl methyl sites for hydroxylation is 4. The van der Waals surface area contributed by atoms with E-state index >= 15 is 0 Å². The van der Waals surface area contributed by atoms with E-state index in [4.69, 9.17) is 4.74 Å². The third kappa shape index (κ3) is 5.45. The lowest BCUT2D eigenvalue weighted by molar-refractivity contribution is 0.0945. The Morgan fingerprint density at radius 2 is 1.89 bits per heavy atom. The minimum Gasteiger partial charge on any atom is -0.471 e. The summed E-state index contributed by atoms with van der Waals surface area (Å²) in [6.45, 7) is 7.56. The molecule has 0 saturated carbocycles. The van der Waals surface area contributed by atoms with Crippen LogP contribution in [0.2, 0.25) is 0 Å². The highest BCUT2D eigenvalue weighted by molar-refractivity contribution is 9.10. The van der Waals surface area contributed by atoms with Crippen molar-refractivity contribution >= 4 is 21.8 Å². The molecule has 0 spiro atoms. The first-order valence-corrected chi connectivity index (χ1v) is 9.92. The number of aromatic nitrogens is 4. The van der Waals surface area contributed by atoms with E-state index in [2.05, 4.69) is 37.5 Å². The zero-order valence-electron chi connectivity index (χ0n) is 16.3. The van der Waals surface area contributed by atoms with Gasteiger partial charge in [-0.1, -0.05) is 6.07 Å². The van der Waals surface area contributed by atoms with Gasteiger partial charge in [0.2, 0.25) is 0 Å². The molecule has 1 aromatic carbocycles. The number of hydrogen-bond acceptors (Lipinski definition) is 4. The number of benzene rings is 1. The molecular weight excluding hydrogens is 422 g/mol. The third-order valence-corrected chi connectivity index (χ3v) is 4.95. The predicted octanol–water partition coefficient (Wildman–Crippen LogP) is 3.62. The van der Waals surface area contributed by atoms with Crippen LogP contribution in [0.5, 0.6) is 5.75 Å². The molecule has 0 bridgehead atoms. The molecule has 3 rings (SSSR count). The lowest BCUT2D eigenvalue weighted by atomic mass is 10.1. The molecule has 0 saturated heterocycles. The van der Waals surface area contributed by atoms with Gasteiger partial charge >= 0.3 is 0 Å². The average molecular weight is 446 g/mol. The summed E-state index contributed by atoms with van der Waals surface area (Å²) in [4.78, 5) is 12.2. The van der Waals surface area contributed by atoms with Crippen LogP contribution in [-0.4, -0.2) is 32.0 Å². The van der Waals surface area contributed by atoms with Crippen molar-refractivity contribution in [1.29, 1.82) is 0 Å². The van der Waals surface area contributed by atoms with Gasteiger partial charge in [-0.2, -0.15) is 10.2 Å². The Morgan fingerprint density at radius 1 is 1.14 bits per heavy atom. The smallest absolute Gasteiger partial charge is 0.271 e. The number of carbonyl (C=O) groups excluding carboxylic acids is 1. The number of rotatable bonds is 8. The fraction of sp³-hybridized carbons (Fsp3) is 0.350. The molecule has 7 nitrogen and oxygen atoms in total. The van der Waals surface area contributed by atoms with Gasteiger partial charge in [-0.05, 0) is 72.4 Å². The van der Waals surface area contributed by atoms with Crippen molar-refractivity contribution < 1.29 is 9.53 Å². The predicted molar refractivity (Wildman–Crippen MR) is 110 cm³/mol. The summed E-state index contributed by atoms with van der Waals surface area (Å²) >= 11 is 3.44. The van der Waals surface area contributed by atoms with Crippen LogP contribution in [0, 0.1) is 20.8 Å². The molecule has 0 aliphatic carbocycles. The summed E-state index contributed by atoms with van der Waals surface area (Å²) in [7, 11) is 0. The standard InChI is InChI=1S/C20H24BrN5O2/c1-14-9-15(2)11-17(10-14)28-13-26-8-5-19(24-26)20(27)22-6-4-7-25-12-18(21)16(3)23-25/h5,8-12H,4,6-7,13H2,1-3H3,(H,22,27). The molecule has 2 heterocycles. The topological polar surface area (TPSA) is 74.0 Å². The SMILES string of the molecule is Cc1cc(C)cc(OCn2ccc(C(=O)NCCCn3cc(Br)c(C)n3)n2)c1. The Kier molecular flexibility index (Phi) is 6.51. The fourth-order valence-electron chi connectivity index (χ4n) is 2.85. The van der Waals surface area contributed by atoms with Gasteiger partial charge in [0.1, 0.15) is 11.4 Å². The minimum absolute atomic E-state index is 0.192. The number of ether oxygens (including phenoxy) is 1. The second kappa shape index (κ2) is 9.05. The maximum Gasteiger partial charge on any atom is 0.271 e. The summed E-state index contributed by atoms with van der Waals surface area (Å²) in [6, 6.07) is 7.73. The highest BCUT2D eigenvalue weighted by Crippen LogP contribution is 2.16. The molecule has 0 fully saturated rings. The second-order valence-corrected chi connectivity index (χ2v) is 7.63. The van der Waals surface area contributed by atoms with Crippen LogP contribution >= 0.6 is 15.9 Å². The van der Waals surface area contributed by atoms with Crippen LogP contribution in [0.1, 0.15) is 33.7 Å². The molecule has 3 aromatic rings.